The number of aliphatic hydroxyl groups is 1. The Morgan fingerprint density at radius 1 is 1.27 bits per heavy atom. The van der Waals surface area contributed by atoms with Gasteiger partial charge in [-0.2, -0.15) is 0 Å². The number of amides is 1. The summed E-state index contributed by atoms with van der Waals surface area (Å²) in [5.41, 5.74) is 0.518. The minimum Gasteiger partial charge on any atom is -0.503 e. The number of aromatic nitrogens is 1. The summed E-state index contributed by atoms with van der Waals surface area (Å²) in [7, 11) is 0. The first kappa shape index (κ1) is 19.5. The van der Waals surface area contributed by atoms with Gasteiger partial charge in [0.2, 0.25) is 5.78 Å². The summed E-state index contributed by atoms with van der Waals surface area (Å²) in [5.74, 6) is -0.586. The van der Waals surface area contributed by atoms with Crippen LogP contribution in [0.5, 0.6) is 5.75 Å². The third-order valence-electron chi connectivity index (χ3n) is 4.73. The number of anilines is 1. The van der Waals surface area contributed by atoms with E-state index in [1.807, 2.05) is 6.92 Å². The summed E-state index contributed by atoms with van der Waals surface area (Å²) in [6.07, 6.45) is 2.23. The molecule has 1 aliphatic rings. The van der Waals surface area contributed by atoms with Gasteiger partial charge in [-0.25, -0.2) is 0 Å². The lowest BCUT2D eigenvalue weighted by Gasteiger charge is -2.24. The number of aryl methyl sites for hydroxylation is 1. The zero-order chi connectivity index (χ0) is 21.3. The van der Waals surface area contributed by atoms with E-state index in [1.165, 1.54) is 17.2 Å². The number of benzene rings is 1. The van der Waals surface area contributed by atoms with Gasteiger partial charge >= 0.3 is 0 Å². The lowest BCUT2D eigenvalue weighted by atomic mass is 9.95. The van der Waals surface area contributed by atoms with Crippen LogP contribution in [0.2, 0.25) is 0 Å². The Hall–Kier alpha value is -3.81. The lowest BCUT2D eigenvalue weighted by Crippen LogP contribution is -2.31. The van der Waals surface area contributed by atoms with Gasteiger partial charge in [0.1, 0.15) is 11.5 Å². The Kier molecular flexibility index (Phi) is 5.14. The van der Waals surface area contributed by atoms with Crippen molar-refractivity contribution in [3.63, 3.8) is 0 Å². The number of hydrogen-bond acceptors (Lipinski definition) is 7. The van der Waals surface area contributed by atoms with Gasteiger partial charge in [0.25, 0.3) is 5.91 Å². The number of rotatable bonds is 7. The Bertz CT molecular complexity index is 1100. The van der Waals surface area contributed by atoms with Crippen LogP contribution < -0.4 is 9.64 Å². The first-order chi connectivity index (χ1) is 14.5. The maximum atomic E-state index is 13.1. The quantitative estimate of drug-likeness (QED) is 0.585. The maximum Gasteiger partial charge on any atom is 0.295 e. The molecule has 8 heteroatoms. The minimum atomic E-state index is -0.903. The molecule has 3 aromatic rings. The second kappa shape index (κ2) is 7.90. The van der Waals surface area contributed by atoms with Gasteiger partial charge in [-0.15, -0.1) is 0 Å². The number of nitrogens with zero attached hydrogens (tertiary/aromatic N) is 2. The fourth-order valence-corrected chi connectivity index (χ4v) is 3.36. The second-order valence-electron chi connectivity index (χ2n) is 6.86. The lowest BCUT2D eigenvalue weighted by molar-refractivity contribution is -0.117. The first-order valence-electron chi connectivity index (χ1n) is 9.52. The smallest absolute Gasteiger partial charge is 0.295 e. The standard InChI is InChI=1S/C22H20N2O6/c1-3-10-28-15-8-6-14(7-9-15)19-18(20(25)16-5-4-11-29-16)21(26)22(27)24(19)17-12-13(2)30-23-17/h4-9,11-12,19,26H,3,10H2,1-2H3/t19-/m0/s1. The molecule has 0 fully saturated rings. The van der Waals surface area contributed by atoms with Gasteiger partial charge in [-0.05, 0) is 43.2 Å². The summed E-state index contributed by atoms with van der Waals surface area (Å²) in [5, 5.41) is 14.5. The van der Waals surface area contributed by atoms with E-state index in [4.69, 9.17) is 13.7 Å². The SMILES string of the molecule is CCCOc1ccc([C@H]2C(C(=O)c3ccco3)=C(O)C(=O)N2c2cc(C)on2)cc1. The van der Waals surface area contributed by atoms with E-state index in [1.54, 1.807) is 43.3 Å². The van der Waals surface area contributed by atoms with Gasteiger partial charge in [0, 0.05) is 6.07 Å². The average molecular weight is 408 g/mol. The van der Waals surface area contributed by atoms with E-state index in [9.17, 15) is 14.7 Å². The van der Waals surface area contributed by atoms with Crippen LogP contribution in [0.4, 0.5) is 5.82 Å². The zero-order valence-electron chi connectivity index (χ0n) is 16.5. The Labute approximate surface area is 172 Å². The predicted molar refractivity (Wildman–Crippen MR) is 106 cm³/mol. The molecular weight excluding hydrogens is 388 g/mol. The molecule has 1 N–H and O–H groups in total. The third kappa shape index (κ3) is 3.36. The summed E-state index contributed by atoms with van der Waals surface area (Å²) in [6, 6.07) is 10.7. The number of hydrogen-bond donors (Lipinski definition) is 1. The zero-order valence-corrected chi connectivity index (χ0v) is 16.5. The van der Waals surface area contributed by atoms with Gasteiger partial charge < -0.3 is 18.8 Å². The molecule has 2 aromatic heterocycles. The van der Waals surface area contributed by atoms with Crippen molar-refractivity contribution in [2.24, 2.45) is 0 Å². The van der Waals surface area contributed by atoms with Crippen LogP contribution in [-0.4, -0.2) is 28.6 Å². The second-order valence-corrected chi connectivity index (χ2v) is 6.86. The van der Waals surface area contributed by atoms with Crippen LogP contribution in [0, 0.1) is 6.92 Å². The highest BCUT2D eigenvalue weighted by molar-refractivity contribution is 6.19. The number of furan rings is 1. The van der Waals surface area contributed by atoms with Crippen molar-refractivity contribution in [3.05, 3.63) is 77.1 Å². The number of aliphatic hydroxyl groups excluding tert-OH is 1. The van der Waals surface area contributed by atoms with Crippen LogP contribution in [0.1, 0.15) is 41.3 Å². The minimum absolute atomic E-state index is 0.0235. The van der Waals surface area contributed by atoms with Crippen molar-refractivity contribution < 1.29 is 28.4 Å². The van der Waals surface area contributed by atoms with Crippen LogP contribution in [0.15, 0.2) is 69.0 Å². The van der Waals surface area contributed by atoms with Crippen molar-refractivity contribution >= 4 is 17.5 Å². The molecule has 1 aromatic carbocycles. The third-order valence-corrected chi connectivity index (χ3v) is 4.73. The topological polar surface area (TPSA) is 106 Å². The molecule has 1 aliphatic heterocycles. The van der Waals surface area contributed by atoms with Crippen LogP contribution in [-0.2, 0) is 4.79 Å². The molecule has 0 saturated heterocycles. The highest BCUT2D eigenvalue weighted by Gasteiger charge is 2.46. The average Bonchev–Trinajstić information content (AvgIpc) is 3.48. The van der Waals surface area contributed by atoms with E-state index >= 15 is 0 Å². The van der Waals surface area contributed by atoms with E-state index in [0.717, 1.165) is 6.42 Å². The molecule has 4 rings (SSSR count). The monoisotopic (exact) mass is 408 g/mol. The van der Waals surface area contributed by atoms with Gasteiger partial charge in [0.05, 0.1) is 24.5 Å². The normalized spacial score (nSPS) is 16.4. The molecule has 1 atom stereocenters. The number of Topliss-reactive ketones (excluding diaryl/α,β-unsaturated/α-hetero) is 1. The highest BCUT2D eigenvalue weighted by atomic mass is 16.5. The van der Waals surface area contributed by atoms with Crippen molar-refractivity contribution in [2.45, 2.75) is 26.3 Å². The maximum absolute atomic E-state index is 13.1. The Morgan fingerprint density at radius 2 is 2.03 bits per heavy atom. The van der Waals surface area contributed by atoms with Crippen molar-refractivity contribution in [3.8, 4) is 5.75 Å². The fourth-order valence-electron chi connectivity index (χ4n) is 3.36. The molecule has 0 saturated carbocycles. The van der Waals surface area contributed by atoms with Gasteiger partial charge in [-0.1, -0.05) is 24.2 Å². The molecule has 3 heterocycles. The Balaban J connectivity index is 1.79. The van der Waals surface area contributed by atoms with E-state index in [0.29, 0.717) is 23.7 Å². The molecular formula is C22H20N2O6. The predicted octanol–water partition coefficient (Wildman–Crippen LogP) is 4.15. The molecule has 154 valence electrons. The van der Waals surface area contributed by atoms with E-state index < -0.39 is 23.5 Å². The molecule has 8 nitrogen and oxygen atoms in total. The molecule has 1 amide bonds. The molecule has 0 bridgehead atoms. The summed E-state index contributed by atoms with van der Waals surface area (Å²) < 4.78 is 15.9. The van der Waals surface area contributed by atoms with Crippen molar-refractivity contribution in [2.75, 3.05) is 11.5 Å². The van der Waals surface area contributed by atoms with Crippen LogP contribution >= 0.6 is 0 Å². The largest absolute Gasteiger partial charge is 0.503 e. The van der Waals surface area contributed by atoms with Crippen LogP contribution in [0.25, 0.3) is 0 Å². The molecule has 0 unspecified atom stereocenters. The number of ether oxygens (including phenoxy) is 1. The number of carbonyl (C=O) groups is 2. The van der Waals surface area contributed by atoms with Crippen molar-refractivity contribution in [1.29, 1.82) is 0 Å². The van der Waals surface area contributed by atoms with E-state index in [2.05, 4.69) is 5.16 Å². The molecule has 0 aliphatic carbocycles. The molecule has 0 radical (unpaired) electrons. The summed E-state index contributed by atoms with van der Waals surface area (Å²) in [6.45, 7) is 4.28. The Morgan fingerprint density at radius 3 is 2.63 bits per heavy atom. The van der Waals surface area contributed by atoms with Gasteiger partial charge in [-0.3, -0.25) is 14.5 Å². The summed E-state index contributed by atoms with van der Waals surface area (Å²) >= 11 is 0. The first-order valence-corrected chi connectivity index (χ1v) is 9.52. The summed E-state index contributed by atoms with van der Waals surface area (Å²) in [4.78, 5) is 27.2. The fraction of sp³-hybridized carbons (Fsp3) is 0.227. The molecule has 30 heavy (non-hydrogen) atoms. The number of ketones is 1. The molecule has 0 spiro atoms. The van der Waals surface area contributed by atoms with Crippen molar-refractivity contribution in [1.82, 2.24) is 5.16 Å². The van der Waals surface area contributed by atoms with Crippen LogP contribution in [0.3, 0.4) is 0 Å². The number of carbonyl (C=O) groups excluding carboxylic acids is 2. The van der Waals surface area contributed by atoms with E-state index in [-0.39, 0.29) is 17.2 Å². The van der Waals surface area contributed by atoms with Gasteiger partial charge in [0.15, 0.2) is 17.3 Å². The highest BCUT2D eigenvalue weighted by Crippen LogP contribution is 2.42.